The SMILES string of the molecule is COCCONCc1ccco1. The molecule has 1 aromatic heterocycles. The van der Waals surface area contributed by atoms with Gasteiger partial charge < -0.3 is 9.15 Å². The number of ether oxygens (including phenoxy) is 1. The van der Waals surface area contributed by atoms with E-state index in [0.717, 1.165) is 5.76 Å². The summed E-state index contributed by atoms with van der Waals surface area (Å²) in [6, 6.07) is 3.72. The Morgan fingerprint density at radius 3 is 3.08 bits per heavy atom. The Labute approximate surface area is 71.4 Å². The zero-order valence-corrected chi connectivity index (χ0v) is 7.08. The summed E-state index contributed by atoms with van der Waals surface area (Å²) in [6.45, 7) is 1.71. The lowest BCUT2D eigenvalue weighted by Gasteiger charge is -2.02. The molecular formula is C8H13NO3. The Balaban J connectivity index is 1.96. The van der Waals surface area contributed by atoms with E-state index in [1.807, 2.05) is 12.1 Å². The second-order valence-corrected chi connectivity index (χ2v) is 2.24. The van der Waals surface area contributed by atoms with Crippen LogP contribution in [0.1, 0.15) is 5.76 Å². The second-order valence-electron chi connectivity index (χ2n) is 2.24. The maximum absolute atomic E-state index is 5.07. The molecule has 0 saturated heterocycles. The van der Waals surface area contributed by atoms with Crippen LogP contribution in [0.2, 0.25) is 0 Å². The van der Waals surface area contributed by atoms with Gasteiger partial charge in [-0.1, -0.05) is 0 Å². The number of methoxy groups -OCH3 is 1. The normalized spacial score (nSPS) is 10.4. The average Bonchev–Trinajstić information content (AvgIpc) is 2.57. The molecule has 4 nitrogen and oxygen atoms in total. The minimum atomic E-state index is 0.539. The molecule has 0 aliphatic carbocycles. The van der Waals surface area contributed by atoms with Gasteiger partial charge in [-0.2, -0.15) is 5.48 Å². The zero-order valence-electron chi connectivity index (χ0n) is 7.08. The van der Waals surface area contributed by atoms with E-state index >= 15 is 0 Å². The first-order valence-corrected chi connectivity index (χ1v) is 3.79. The lowest BCUT2D eigenvalue weighted by molar-refractivity contribution is 0.00104. The van der Waals surface area contributed by atoms with Crippen LogP contribution in [-0.4, -0.2) is 20.3 Å². The van der Waals surface area contributed by atoms with Crippen molar-refractivity contribution in [2.75, 3.05) is 20.3 Å². The van der Waals surface area contributed by atoms with Crippen molar-refractivity contribution in [2.45, 2.75) is 6.54 Å². The van der Waals surface area contributed by atoms with Crippen molar-refractivity contribution in [3.63, 3.8) is 0 Å². The van der Waals surface area contributed by atoms with Crippen molar-refractivity contribution in [3.05, 3.63) is 24.2 Å². The Bertz CT molecular complexity index is 186. The maximum atomic E-state index is 5.07. The van der Waals surface area contributed by atoms with Gasteiger partial charge in [0.1, 0.15) is 5.76 Å². The van der Waals surface area contributed by atoms with Gasteiger partial charge in [0.15, 0.2) is 0 Å². The molecule has 0 aromatic carbocycles. The number of nitrogens with one attached hydrogen (secondary N) is 1. The Kier molecular flexibility index (Phi) is 4.44. The summed E-state index contributed by atoms with van der Waals surface area (Å²) in [7, 11) is 1.63. The highest BCUT2D eigenvalue weighted by molar-refractivity contribution is 4.96. The number of hydrogen-bond donors (Lipinski definition) is 1. The summed E-state index contributed by atoms with van der Waals surface area (Å²) in [5.74, 6) is 0.854. The van der Waals surface area contributed by atoms with Crippen molar-refractivity contribution in [1.29, 1.82) is 0 Å². The molecule has 1 aromatic rings. The number of hydrogen-bond acceptors (Lipinski definition) is 4. The molecule has 0 aliphatic rings. The molecule has 0 bridgehead atoms. The van der Waals surface area contributed by atoms with E-state index in [4.69, 9.17) is 14.0 Å². The highest BCUT2D eigenvalue weighted by Crippen LogP contribution is 1.97. The summed E-state index contributed by atoms with van der Waals surface area (Å²) in [5.41, 5.74) is 2.75. The van der Waals surface area contributed by atoms with Crippen molar-refractivity contribution in [1.82, 2.24) is 5.48 Å². The number of furan rings is 1. The molecule has 0 atom stereocenters. The van der Waals surface area contributed by atoms with Crippen LogP contribution in [0.5, 0.6) is 0 Å². The average molecular weight is 171 g/mol. The quantitative estimate of drug-likeness (QED) is 0.511. The van der Waals surface area contributed by atoms with Gasteiger partial charge in [0.05, 0.1) is 26.0 Å². The predicted molar refractivity (Wildman–Crippen MR) is 43.4 cm³/mol. The summed E-state index contributed by atoms with van der Waals surface area (Å²) in [6.07, 6.45) is 1.63. The highest BCUT2D eigenvalue weighted by Gasteiger charge is 1.93. The molecule has 0 radical (unpaired) electrons. The molecule has 68 valence electrons. The first kappa shape index (κ1) is 9.25. The van der Waals surface area contributed by atoms with Crippen molar-refractivity contribution >= 4 is 0 Å². The molecule has 0 saturated carbocycles. The second kappa shape index (κ2) is 5.77. The van der Waals surface area contributed by atoms with Gasteiger partial charge in [-0.05, 0) is 12.1 Å². The van der Waals surface area contributed by atoms with E-state index in [-0.39, 0.29) is 0 Å². The molecule has 0 spiro atoms. The Morgan fingerprint density at radius 2 is 2.42 bits per heavy atom. The van der Waals surface area contributed by atoms with E-state index in [0.29, 0.717) is 19.8 Å². The largest absolute Gasteiger partial charge is 0.468 e. The topological polar surface area (TPSA) is 43.6 Å². The number of hydroxylamine groups is 1. The number of rotatable bonds is 6. The standard InChI is InChI=1S/C8H13NO3/c1-10-5-6-12-9-7-8-3-2-4-11-8/h2-4,9H,5-7H2,1H3. The molecule has 1 heterocycles. The minimum Gasteiger partial charge on any atom is -0.468 e. The van der Waals surface area contributed by atoms with E-state index in [1.165, 1.54) is 0 Å². The van der Waals surface area contributed by atoms with E-state index in [9.17, 15) is 0 Å². The zero-order chi connectivity index (χ0) is 8.65. The maximum Gasteiger partial charge on any atom is 0.119 e. The molecule has 4 heteroatoms. The smallest absolute Gasteiger partial charge is 0.119 e. The van der Waals surface area contributed by atoms with Crippen LogP contribution < -0.4 is 5.48 Å². The molecular weight excluding hydrogens is 158 g/mol. The molecule has 1 rings (SSSR count). The van der Waals surface area contributed by atoms with Gasteiger partial charge in [0.2, 0.25) is 0 Å². The van der Waals surface area contributed by atoms with Gasteiger partial charge in [-0.25, -0.2) is 0 Å². The molecule has 0 amide bonds. The van der Waals surface area contributed by atoms with Crippen molar-refractivity contribution in [2.24, 2.45) is 0 Å². The molecule has 0 fully saturated rings. The van der Waals surface area contributed by atoms with Gasteiger partial charge in [0, 0.05) is 7.11 Å². The Morgan fingerprint density at radius 1 is 1.50 bits per heavy atom. The van der Waals surface area contributed by atoms with Crippen LogP contribution >= 0.6 is 0 Å². The third-order valence-corrected chi connectivity index (χ3v) is 1.32. The summed E-state index contributed by atoms with van der Waals surface area (Å²) < 4.78 is 9.86. The van der Waals surface area contributed by atoms with Gasteiger partial charge in [-0.3, -0.25) is 4.84 Å². The van der Waals surface area contributed by atoms with Crippen LogP contribution in [0.15, 0.2) is 22.8 Å². The van der Waals surface area contributed by atoms with Crippen LogP contribution in [0.3, 0.4) is 0 Å². The fourth-order valence-electron chi connectivity index (χ4n) is 0.732. The predicted octanol–water partition coefficient (Wildman–Crippen LogP) is 0.947. The fraction of sp³-hybridized carbons (Fsp3) is 0.500. The molecule has 12 heavy (non-hydrogen) atoms. The summed E-state index contributed by atoms with van der Waals surface area (Å²) in [5, 5.41) is 0. The fourth-order valence-corrected chi connectivity index (χ4v) is 0.732. The molecule has 1 N–H and O–H groups in total. The van der Waals surface area contributed by atoms with Crippen LogP contribution in [-0.2, 0) is 16.1 Å². The van der Waals surface area contributed by atoms with Crippen LogP contribution in [0.25, 0.3) is 0 Å². The van der Waals surface area contributed by atoms with Gasteiger partial charge in [-0.15, -0.1) is 0 Å². The van der Waals surface area contributed by atoms with Crippen molar-refractivity contribution < 1.29 is 14.0 Å². The first-order chi connectivity index (χ1) is 5.93. The van der Waals surface area contributed by atoms with E-state index in [1.54, 1.807) is 13.4 Å². The lowest BCUT2D eigenvalue weighted by atomic mass is 10.5. The van der Waals surface area contributed by atoms with Crippen LogP contribution in [0.4, 0.5) is 0 Å². The van der Waals surface area contributed by atoms with E-state index < -0.39 is 0 Å². The third kappa shape index (κ3) is 3.52. The van der Waals surface area contributed by atoms with E-state index in [2.05, 4.69) is 5.48 Å². The monoisotopic (exact) mass is 171 g/mol. The highest BCUT2D eigenvalue weighted by atomic mass is 16.7. The van der Waals surface area contributed by atoms with Crippen LogP contribution in [0, 0.1) is 0 Å². The van der Waals surface area contributed by atoms with Gasteiger partial charge >= 0.3 is 0 Å². The van der Waals surface area contributed by atoms with Gasteiger partial charge in [0.25, 0.3) is 0 Å². The first-order valence-electron chi connectivity index (χ1n) is 3.79. The summed E-state index contributed by atoms with van der Waals surface area (Å²) in [4.78, 5) is 5.01. The van der Waals surface area contributed by atoms with Crippen molar-refractivity contribution in [3.8, 4) is 0 Å². The minimum absolute atomic E-state index is 0.539. The molecule has 0 aliphatic heterocycles. The Hall–Kier alpha value is -0.840. The lowest BCUT2D eigenvalue weighted by Crippen LogP contribution is -2.16. The molecule has 0 unspecified atom stereocenters. The third-order valence-electron chi connectivity index (χ3n) is 1.32. The summed E-state index contributed by atoms with van der Waals surface area (Å²) >= 11 is 0.